The van der Waals surface area contributed by atoms with E-state index in [0.717, 1.165) is 0 Å². The standard InChI is InChI=1S/C18H22ClFN2O3/c1-16(2,3)25-15(24)22-18-8-17(9-18,10-18)21-13(23)7-11-5-4-6-12(20)14(11)19/h4-6H,7-10H2,1-3H3,(H,21,23)(H,22,24). The molecular weight excluding hydrogens is 347 g/mol. The van der Waals surface area contributed by atoms with Crippen LogP contribution in [0, 0.1) is 5.82 Å². The molecule has 2 N–H and O–H groups in total. The Bertz CT molecular complexity index is 710. The molecule has 0 heterocycles. The first kappa shape index (κ1) is 18.0. The number of rotatable bonds is 4. The molecule has 136 valence electrons. The highest BCUT2D eigenvalue weighted by atomic mass is 35.5. The van der Waals surface area contributed by atoms with Crippen molar-refractivity contribution in [3.63, 3.8) is 0 Å². The van der Waals surface area contributed by atoms with Crippen molar-refractivity contribution < 1.29 is 18.7 Å². The Morgan fingerprint density at radius 1 is 1.20 bits per heavy atom. The first-order chi connectivity index (χ1) is 11.5. The fourth-order valence-electron chi connectivity index (χ4n) is 3.77. The van der Waals surface area contributed by atoms with E-state index >= 15 is 0 Å². The van der Waals surface area contributed by atoms with Crippen LogP contribution in [0.3, 0.4) is 0 Å². The lowest BCUT2D eigenvalue weighted by atomic mass is 9.44. The van der Waals surface area contributed by atoms with Gasteiger partial charge < -0.3 is 15.4 Å². The number of nitrogens with one attached hydrogen (secondary N) is 2. The summed E-state index contributed by atoms with van der Waals surface area (Å²) in [5.41, 5.74) is -0.616. The lowest BCUT2D eigenvalue weighted by molar-refractivity contribution is -0.140. The SMILES string of the molecule is CC(C)(C)OC(=O)NC12CC(NC(=O)Cc3cccc(F)c3Cl)(C1)C2. The normalized spacial score (nSPS) is 26.9. The molecule has 4 rings (SSSR count). The molecule has 0 radical (unpaired) electrons. The van der Waals surface area contributed by atoms with E-state index in [1.54, 1.807) is 6.07 Å². The average molecular weight is 369 g/mol. The molecule has 0 aliphatic heterocycles. The maximum Gasteiger partial charge on any atom is 0.408 e. The molecule has 3 aliphatic rings. The zero-order chi connectivity index (χ0) is 18.5. The first-order valence-electron chi connectivity index (χ1n) is 8.27. The second-order valence-electron chi connectivity index (χ2n) is 8.16. The Morgan fingerprint density at radius 3 is 2.40 bits per heavy atom. The summed E-state index contributed by atoms with van der Waals surface area (Å²) in [4.78, 5) is 24.1. The zero-order valence-corrected chi connectivity index (χ0v) is 15.3. The van der Waals surface area contributed by atoms with E-state index in [0.29, 0.717) is 24.8 Å². The van der Waals surface area contributed by atoms with E-state index in [-0.39, 0.29) is 28.4 Å². The highest BCUT2D eigenvalue weighted by Gasteiger charge is 2.69. The van der Waals surface area contributed by atoms with E-state index in [2.05, 4.69) is 10.6 Å². The molecule has 2 amide bonds. The summed E-state index contributed by atoms with van der Waals surface area (Å²) in [5.74, 6) is -0.726. The van der Waals surface area contributed by atoms with Crippen LogP contribution < -0.4 is 10.6 Å². The van der Waals surface area contributed by atoms with Gasteiger partial charge in [-0.2, -0.15) is 0 Å². The predicted octanol–water partition coefficient (Wildman–Crippen LogP) is 3.34. The quantitative estimate of drug-likeness (QED) is 0.856. The Morgan fingerprint density at radius 2 is 1.80 bits per heavy atom. The summed E-state index contributed by atoms with van der Waals surface area (Å²) < 4.78 is 18.7. The Labute approximate surface area is 151 Å². The van der Waals surface area contributed by atoms with E-state index in [1.165, 1.54) is 12.1 Å². The second kappa shape index (κ2) is 5.87. The third kappa shape index (κ3) is 3.73. The monoisotopic (exact) mass is 368 g/mol. The van der Waals surface area contributed by atoms with Crippen molar-refractivity contribution in [2.45, 2.75) is 63.1 Å². The maximum absolute atomic E-state index is 13.4. The summed E-state index contributed by atoms with van der Waals surface area (Å²) in [6, 6.07) is 4.43. The van der Waals surface area contributed by atoms with Gasteiger partial charge in [-0.05, 0) is 51.7 Å². The molecule has 1 aromatic rings. The molecule has 3 aliphatic carbocycles. The average Bonchev–Trinajstić information content (AvgIpc) is 2.38. The van der Waals surface area contributed by atoms with Crippen molar-refractivity contribution in [3.8, 4) is 0 Å². The predicted molar refractivity (Wildman–Crippen MR) is 91.9 cm³/mol. The fourth-order valence-corrected chi connectivity index (χ4v) is 3.96. The van der Waals surface area contributed by atoms with Gasteiger partial charge >= 0.3 is 6.09 Å². The Balaban J connectivity index is 1.48. The topological polar surface area (TPSA) is 67.4 Å². The van der Waals surface area contributed by atoms with Gasteiger partial charge in [-0.1, -0.05) is 23.7 Å². The van der Waals surface area contributed by atoms with Crippen molar-refractivity contribution in [2.75, 3.05) is 0 Å². The van der Waals surface area contributed by atoms with Gasteiger partial charge in [0.1, 0.15) is 11.4 Å². The van der Waals surface area contributed by atoms with Crippen LogP contribution in [0.4, 0.5) is 9.18 Å². The van der Waals surface area contributed by atoms with Crippen molar-refractivity contribution in [3.05, 3.63) is 34.6 Å². The molecule has 0 unspecified atom stereocenters. The van der Waals surface area contributed by atoms with Gasteiger partial charge in [0.2, 0.25) is 5.91 Å². The van der Waals surface area contributed by atoms with Crippen molar-refractivity contribution in [2.24, 2.45) is 0 Å². The van der Waals surface area contributed by atoms with Crippen LogP contribution in [0.2, 0.25) is 5.02 Å². The second-order valence-corrected chi connectivity index (χ2v) is 8.53. The molecule has 1 aromatic carbocycles. The van der Waals surface area contributed by atoms with Crippen molar-refractivity contribution >= 4 is 23.6 Å². The van der Waals surface area contributed by atoms with E-state index in [1.807, 2.05) is 20.8 Å². The molecule has 25 heavy (non-hydrogen) atoms. The number of hydrogen-bond acceptors (Lipinski definition) is 3. The summed E-state index contributed by atoms with van der Waals surface area (Å²) >= 11 is 5.88. The maximum atomic E-state index is 13.4. The van der Waals surface area contributed by atoms with Gasteiger partial charge in [0.05, 0.1) is 17.0 Å². The van der Waals surface area contributed by atoms with E-state index < -0.39 is 17.5 Å². The smallest absolute Gasteiger partial charge is 0.408 e. The van der Waals surface area contributed by atoms with Crippen molar-refractivity contribution in [1.29, 1.82) is 0 Å². The van der Waals surface area contributed by atoms with Gasteiger partial charge in [0, 0.05) is 5.54 Å². The molecular formula is C18H22ClFN2O3. The third-order valence-corrected chi connectivity index (χ3v) is 5.01. The van der Waals surface area contributed by atoms with Gasteiger partial charge in [-0.15, -0.1) is 0 Å². The highest BCUT2D eigenvalue weighted by molar-refractivity contribution is 6.31. The Hall–Kier alpha value is -1.82. The van der Waals surface area contributed by atoms with E-state index in [4.69, 9.17) is 16.3 Å². The number of halogens is 2. The van der Waals surface area contributed by atoms with Crippen LogP contribution in [0.5, 0.6) is 0 Å². The number of hydrogen-bond donors (Lipinski definition) is 2. The van der Waals surface area contributed by atoms with Crippen LogP contribution in [-0.4, -0.2) is 28.7 Å². The third-order valence-electron chi connectivity index (χ3n) is 4.58. The van der Waals surface area contributed by atoms with Gasteiger partial charge in [0.15, 0.2) is 0 Å². The van der Waals surface area contributed by atoms with Gasteiger partial charge in [0.25, 0.3) is 0 Å². The molecule has 0 aromatic heterocycles. The van der Waals surface area contributed by atoms with E-state index in [9.17, 15) is 14.0 Å². The fraction of sp³-hybridized carbons (Fsp3) is 0.556. The number of ether oxygens (including phenoxy) is 1. The van der Waals surface area contributed by atoms with Crippen LogP contribution in [0.1, 0.15) is 45.6 Å². The number of amides is 2. The largest absolute Gasteiger partial charge is 0.444 e. The Kier molecular flexibility index (Phi) is 4.22. The van der Waals surface area contributed by atoms with Crippen molar-refractivity contribution in [1.82, 2.24) is 10.6 Å². The molecule has 2 bridgehead atoms. The summed E-state index contributed by atoms with van der Waals surface area (Å²) in [6.07, 6.45) is 1.65. The highest BCUT2D eigenvalue weighted by Crippen LogP contribution is 2.60. The van der Waals surface area contributed by atoms with Gasteiger partial charge in [-0.3, -0.25) is 4.79 Å². The minimum absolute atomic E-state index is 0.0155. The lowest BCUT2D eigenvalue weighted by Gasteiger charge is -2.70. The summed E-state index contributed by atoms with van der Waals surface area (Å²) in [5, 5.41) is 5.87. The molecule has 3 saturated carbocycles. The number of carbonyl (C=O) groups is 2. The molecule has 3 fully saturated rings. The molecule has 0 saturated heterocycles. The zero-order valence-electron chi connectivity index (χ0n) is 14.5. The van der Waals surface area contributed by atoms with Crippen LogP contribution >= 0.6 is 11.6 Å². The molecule has 0 spiro atoms. The number of carbonyl (C=O) groups excluding carboxylic acids is 2. The van der Waals surface area contributed by atoms with Crippen LogP contribution in [0.15, 0.2) is 18.2 Å². The summed E-state index contributed by atoms with van der Waals surface area (Å²) in [7, 11) is 0. The van der Waals surface area contributed by atoms with Crippen LogP contribution in [-0.2, 0) is 16.0 Å². The lowest BCUT2D eigenvalue weighted by Crippen LogP contribution is -2.84. The van der Waals surface area contributed by atoms with Gasteiger partial charge in [-0.25, -0.2) is 9.18 Å². The number of alkyl carbamates (subject to hydrolysis) is 1. The first-order valence-corrected chi connectivity index (χ1v) is 8.64. The molecule has 0 atom stereocenters. The minimum Gasteiger partial charge on any atom is -0.444 e. The van der Waals surface area contributed by atoms with Crippen LogP contribution in [0.25, 0.3) is 0 Å². The molecule has 5 nitrogen and oxygen atoms in total. The molecule has 7 heteroatoms. The number of benzene rings is 1. The minimum atomic E-state index is -0.538. The summed E-state index contributed by atoms with van der Waals surface area (Å²) in [6.45, 7) is 5.44.